The average molecular weight is 245 g/mol. The van der Waals surface area contributed by atoms with E-state index in [2.05, 4.69) is 42.9 Å². The maximum atomic E-state index is 5.81. The maximum absolute atomic E-state index is 5.81. The molecule has 0 amide bonds. The lowest BCUT2D eigenvalue weighted by Gasteiger charge is -2.23. The van der Waals surface area contributed by atoms with E-state index in [9.17, 15) is 0 Å². The van der Waals surface area contributed by atoms with Crippen LogP contribution >= 0.6 is 0 Å². The monoisotopic (exact) mass is 245 g/mol. The first-order valence-corrected chi connectivity index (χ1v) is 7.26. The topological polar surface area (TPSA) is 12.5 Å². The standard InChI is InChI=1S/C15H24BNO/c1-3-7-14(4-2)16-17-10-11-18-15-9-6-5-8-13(15)12-17/h5-6,8-9,14,16H,3-4,7,10-12H2,1-2H3. The second kappa shape index (κ2) is 6.84. The van der Waals surface area contributed by atoms with Crippen molar-refractivity contribution in [3.05, 3.63) is 29.8 Å². The Balaban J connectivity index is 1.99. The number of benzene rings is 1. The zero-order valence-electron chi connectivity index (χ0n) is 11.7. The molecule has 0 aromatic heterocycles. The van der Waals surface area contributed by atoms with Crippen LogP contribution in [0.25, 0.3) is 0 Å². The third-order valence-electron chi connectivity index (χ3n) is 3.82. The Morgan fingerprint density at radius 3 is 2.94 bits per heavy atom. The molecule has 2 rings (SSSR count). The van der Waals surface area contributed by atoms with Gasteiger partial charge in [-0.1, -0.05) is 57.1 Å². The van der Waals surface area contributed by atoms with Gasteiger partial charge in [0.1, 0.15) is 5.75 Å². The zero-order valence-corrected chi connectivity index (χ0v) is 11.7. The Bertz CT molecular complexity index is 369. The molecular formula is C15H24BNO. The minimum atomic E-state index is 0.819. The van der Waals surface area contributed by atoms with Gasteiger partial charge in [0.15, 0.2) is 0 Å². The van der Waals surface area contributed by atoms with Gasteiger partial charge in [0.25, 0.3) is 0 Å². The Hall–Kier alpha value is -0.955. The molecule has 1 unspecified atom stereocenters. The molecule has 0 aliphatic carbocycles. The molecule has 1 aliphatic rings. The number of hydrogen-bond donors (Lipinski definition) is 0. The Morgan fingerprint density at radius 1 is 1.33 bits per heavy atom. The summed E-state index contributed by atoms with van der Waals surface area (Å²) < 4.78 is 5.81. The average Bonchev–Trinajstić information content (AvgIpc) is 2.59. The van der Waals surface area contributed by atoms with Crippen LogP contribution < -0.4 is 4.74 Å². The summed E-state index contributed by atoms with van der Waals surface area (Å²) in [6.45, 7) is 7.50. The summed E-state index contributed by atoms with van der Waals surface area (Å²) in [5.74, 6) is 1.91. The first-order chi connectivity index (χ1) is 8.83. The van der Waals surface area contributed by atoms with E-state index in [0.717, 1.165) is 31.3 Å². The number of nitrogens with zero attached hydrogens (tertiary/aromatic N) is 1. The molecule has 1 aromatic carbocycles. The van der Waals surface area contributed by atoms with Crippen molar-refractivity contribution >= 4 is 7.41 Å². The van der Waals surface area contributed by atoms with Crippen LogP contribution in [-0.4, -0.2) is 25.4 Å². The summed E-state index contributed by atoms with van der Waals surface area (Å²) in [6, 6.07) is 8.44. The zero-order chi connectivity index (χ0) is 12.8. The minimum Gasteiger partial charge on any atom is -0.492 e. The molecule has 0 bridgehead atoms. The summed E-state index contributed by atoms with van der Waals surface area (Å²) in [5.41, 5.74) is 1.33. The molecule has 1 heterocycles. The second-order valence-corrected chi connectivity index (χ2v) is 5.25. The van der Waals surface area contributed by atoms with Gasteiger partial charge in [-0.05, 0) is 6.07 Å². The molecule has 1 atom stereocenters. The van der Waals surface area contributed by atoms with Crippen LogP contribution in [0, 0.1) is 0 Å². The molecule has 0 radical (unpaired) electrons. The Morgan fingerprint density at radius 2 is 2.17 bits per heavy atom. The molecule has 1 aliphatic heterocycles. The van der Waals surface area contributed by atoms with Gasteiger partial charge in [-0.15, -0.1) is 0 Å². The SMILES string of the molecule is CCCC(BN1CCOc2ccccc2C1)CC. The van der Waals surface area contributed by atoms with Gasteiger partial charge in [-0.3, -0.25) is 0 Å². The van der Waals surface area contributed by atoms with E-state index in [1.807, 2.05) is 0 Å². The second-order valence-electron chi connectivity index (χ2n) is 5.25. The smallest absolute Gasteiger partial charge is 0.207 e. The molecular weight excluding hydrogens is 221 g/mol. The first kappa shape index (κ1) is 13.5. The lowest BCUT2D eigenvalue weighted by Crippen LogP contribution is -2.32. The van der Waals surface area contributed by atoms with Gasteiger partial charge in [0.05, 0.1) is 6.61 Å². The molecule has 3 heteroatoms. The number of para-hydroxylation sites is 1. The molecule has 0 spiro atoms. The van der Waals surface area contributed by atoms with Gasteiger partial charge < -0.3 is 9.55 Å². The van der Waals surface area contributed by atoms with E-state index in [0.29, 0.717) is 0 Å². The molecule has 2 nitrogen and oxygen atoms in total. The van der Waals surface area contributed by atoms with Gasteiger partial charge in [0.2, 0.25) is 7.41 Å². The number of rotatable bonds is 5. The highest BCUT2D eigenvalue weighted by Gasteiger charge is 2.18. The molecule has 0 saturated carbocycles. The molecule has 1 aromatic rings. The predicted molar refractivity (Wildman–Crippen MR) is 78.4 cm³/mol. The molecule has 0 saturated heterocycles. The van der Waals surface area contributed by atoms with Crippen LogP contribution in [0.15, 0.2) is 24.3 Å². The Labute approximate surface area is 112 Å². The number of ether oxygens (including phenoxy) is 1. The van der Waals surface area contributed by atoms with Crippen molar-refractivity contribution in [2.24, 2.45) is 0 Å². The van der Waals surface area contributed by atoms with Crippen molar-refractivity contribution in [3.63, 3.8) is 0 Å². The van der Waals surface area contributed by atoms with Crippen molar-refractivity contribution in [1.82, 2.24) is 4.81 Å². The fourth-order valence-corrected chi connectivity index (χ4v) is 2.73. The Kier molecular flexibility index (Phi) is 5.12. The van der Waals surface area contributed by atoms with E-state index >= 15 is 0 Å². The van der Waals surface area contributed by atoms with Crippen LogP contribution in [0.1, 0.15) is 38.7 Å². The fraction of sp³-hybridized carbons (Fsp3) is 0.600. The summed E-state index contributed by atoms with van der Waals surface area (Å²) in [7, 11) is 1.21. The van der Waals surface area contributed by atoms with Crippen molar-refractivity contribution in [2.45, 2.75) is 45.5 Å². The van der Waals surface area contributed by atoms with Crippen LogP contribution in [0.4, 0.5) is 0 Å². The van der Waals surface area contributed by atoms with Gasteiger partial charge in [-0.2, -0.15) is 0 Å². The van der Waals surface area contributed by atoms with Gasteiger partial charge in [0, 0.05) is 18.7 Å². The van der Waals surface area contributed by atoms with E-state index in [1.54, 1.807) is 0 Å². The predicted octanol–water partition coefficient (Wildman–Crippen LogP) is 3.23. The highest BCUT2D eigenvalue weighted by atomic mass is 16.5. The lowest BCUT2D eigenvalue weighted by atomic mass is 9.69. The first-order valence-electron chi connectivity index (χ1n) is 7.26. The van der Waals surface area contributed by atoms with Crippen LogP contribution in [0.2, 0.25) is 5.82 Å². The third-order valence-corrected chi connectivity index (χ3v) is 3.82. The van der Waals surface area contributed by atoms with E-state index in [4.69, 9.17) is 4.74 Å². The van der Waals surface area contributed by atoms with Crippen molar-refractivity contribution < 1.29 is 4.74 Å². The highest BCUT2D eigenvalue weighted by molar-refractivity contribution is 6.34. The number of hydrogen-bond acceptors (Lipinski definition) is 2. The van der Waals surface area contributed by atoms with Gasteiger partial charge >= 0.3 is 0 Å². The van der Waals surface area contributed by atoms with Crippen molar-refractivity contribution in [3.8, 4) is 5.75 Å². The number of fused-ring (bicyclic) bond motifs is 1. The van der Waals surface area contributed by atoms with E-state index < -0.39 is 0 Å². The summed E-state index contributed by atoms with van der Waals surface area (Å²) >= 11 is 0. The largest absolute Gasteiger partial charge is 0.492 e. The molecule has 0 fully saturated rings. The van der Waals surface area contributed by atoms with E-state index in [-0.39, 0.29) is 0 Å². The van der Waals surface area contributed by atoms with Crippen LogP contribution in [0.3, 0.4) is 0 Å². The van der Waals surface area contributed by atoms with Crippen LogP contribution in [0.5, 0.6) is 5.75 Å². The van der Waals surface area contributed by atoms with Crippen molar-refractivity contribution in [1.29, 1.82) is 0 Å². The summed E-state index contributed by atoms with van der Waals surface area (Å²) in [5, 5.41) is 0. The quantitative estimate of drug-likeness (QED) is 0.738. The molecule has 98 valence electrons. The van der Waals surface area contributed by atoms with E-state index in [1.165, 1.54) is 32.2 Å². The summed E-state index contributed by atoms with van der Waals surface area (Å²) in [6.07, 6.45) is 3.92. The highest BCUT2D eigenvalue weighted by Crippen LogP contribution is 2.24. The lowest BCUT2D eigenvalue weighted by molar-refractivity contribution is 0.294. The third kappa shape index (κ3) is 3.52. The maximum Gasteiger partial charge on any atom is 0.207 e. The minimum absolute atomic E-state index is 0.819. The summed E-state index contributed by atoms with van der Waals surface area (Å²) in [4.78, 5) is 2.55. The van der Waals surface area contributed by atoms with Gasteiger partial charge in [-0.25, -0.2) is 0 Å². The normalized spacial score (nSPS) is 17.4. The fourth-order valence-electron chi connectivity index (χ4n) is 2.73. The van der Waals surface area contributed by atoms with Crippen LogP contribution in [-0.2, 0) is 6.54 Å². The molecule has 18 heavy (non-hydrogen) atoms. The molecule has 0 N–H and O–H groups in total. The van der Waals surface area contributed by atoms with Crippen molar-refractivity contribution in [2.75, 3.05) is 13.2 Å².